The second-order valence-corrected chi connectivity index (χ2v) is 5.49. The molecular formula is C15H20N4O2. The number of unbranched alkanes of at least 4 members (excludes halogenated alkanes) is 1. The van der Waals surface area contributed by atoms with Crippen LogP contribution in [0.5, 0.6) is 0 Å². The van der Waals surface area contributed by atoms with Crippen LogP contribution in [0.25, 0.3) is 0 Å². The van der Waals surface area contributed by atoms with E-state index in [-0.39, 0.29) is 17.2 Å². The standard InChI is InChI=1S/C15H20N4O2/c1-2-3-10-19-13(20)7-6-12(18-19)14(21)17-15(11-16)8-4-5-9-15/h6-7H,2-5,8-10H2,1H3,(H,17,21). The molecule has 1 saturated carbocycles. The first-order valence-electron chi connectivity index (χ1n) is 7.42. The van der Waals surface area contributed by atoms with Gasteiger partial charge in [-0.05, 0) is 38.2 Å². The Labute approximate surface area is 123 Å². The molecule has 1 heterocycles. The van der Waals surface area contributed by atoms with Gasteiger partial charge in [0.1, 0.15) is 11.2 Å². The number of carbonyl (C=O) groups excluding carboxylic acids is 1. The van der Waals surface area contributed by atoms with E-state index in [2.05, 4.69) is 16.5 Å². The number of hydrogen-bond donors (Lipinski definition) is 1. The van der Waals surface area contributed by atoms with E-state index in [0.29, 0.717) is 19.4 Å². The molecule has 1 amide bonds. The van der Waals surface area contributed by atoms with Crippen LogP contribution >= 0.6 is 0 Å². The first-order chi connectivity index (χ1) is 10.1. The average Bonchev–Trinajstić information content (AvgIpc) is 2.95. The van der Waals surface area contributed by atoms with Gasteiger partial charge < -0.3 is 5.32 Å². The molecule has 1 fully saturated rings. The fraction of sp³-hybridized carbons (Fsp3) is 0.600. The van der Waals surface area contributed by atoms with Gasteiger partial charge in [0.25, 0.3) is 11.5 Å². The van der Waals surface area contributed by atoms with Gasteiger partial charge in [-0.15, -0.1) is 0 Å². The third-order valence-corrected chi connectivity index (χ3v) is 3.85. The maximum Gasteiger partial charge on any atom is 0.272 e. The molecule has 1 aromatic rings. The van der Waals surface area contributed by atoms with E-state index < -0.39 is 5.54 Å². The number of nitrogens with zero attached hydrogens (tertiary/aromatic N) is 3. The molecule has 0 radical (unpaired) electrons. The van der Waals surface area contributed by atoms with Crippen molar-refractivity contribution in [2.75, 3.05) is 0 Å². The highest BCUT2D eigenvalue weighted by Crippen LogP contribution is 2.29. The summed E-state index contributed by atoms with van der Waals surface area (Å²) in [5.74, 6) is -0.385. The van der Waals surface area contributed by atoms with Crippen molar-refractivity contribution in [3.05, 3.63) is 28.2 Å². The number of nitrogens with one attached hydrogen (secondary N) is 1. The molecule has 21 heavy (non-hydrogen) atoms. The number of aryl methyl sites for hydroxylation is 1. The lowest BCUT2D eigenvalue weighted by Crippen LogP contribution is -2.45. The van der Waals surface area contributed by atoms with Crippen molar-refractivity contribution in [1.82, 2.24) is 15.1 Å². The summed E-state index contributed by atoms with van der Waals surface area (Å²) in [6.07, 6.45) is 5.01. The van der Waals surface area contributed by atoms with E-state index in [1.165, 1.54) is 16.8 Å². The van der Waals surface area contributed by atoms with Crippen molar-refractivity contribution in [3.8, 4) is 6.07 Å². The van der Waals surface area contributed by atoms with Gasteiger partial charge in [0, 0.05) is 12.6 Å². The Balaban J connectivity index is 2.16. The molecule has 0 aromatic carbocycles. The summed E-state index contributed by atoms with van der Waals surface area (Å²) in [6, 6.07) is 4.98. The van der Waals surface area contributed by atoms with Crippen molar-refractivity contribution in [2.24, 2.45) is 0 Å². The SMILES string of the molecule is CCCCn1nc(C(=O)NC2(C#N)CCCC2)ccc1=O. The van der Waals surface area contributed by atoms with Gasteiger partial charge in [0.15, 0.2) is 0 Å². The highest BCUT2D eigenvalue weighted by Gasteiger charge is 2.35. The van der Waals surface area contributed by atoms with Gasteiger partial charge >= 0.3 is 0 Å². The summed E-state index contributed by atoms with van der Waals surface area (Å²) < 4.78 is 1.31. The second kappa shape index (κ2) is 6.53. The number of hydrogen-bond acceptors (Lipinski definition) is 4. The van der Waals surface area contributed by atoms with Gasteiger partial charge in [-0.2, -0.15) is 10.4 Å². The Morgan fingerprint density at radius 1 is 1.48 bits per heavy atom. The Morgan fingerprint density at radius 2 is 2.19 bits per heavy atom. The zero-order chi connectivity index (χ0) is 15.3. The molecule has 0 spiro atoms. The van der Waals surface area contributed by atoms with Crippen LogP contribution in [0.4, 0.5) is 0 Å². The van der Waals surface area contributed by atoms with Crippen molar-refractivity contribution in [3.63, 3.8) is 0 Å². The van der Waals surface area contributed by atoms with Crippen LogP contribution in [0.3, 0.4) is 0 Å². The normalized spacial score (nSPS) is 16.4. The smallest absolute Gasteiger partial charge is 0.272 e. The Kier molecular flexibility index (Phi) is 4.73. The number of nitriles is 1. The number of aromatic nitrogens is 2. The predicted octanol–water partition coefficient (Wildman–Crippen LogP) is 1.61. The lowest BCUT2D eigenvalue weighted by Gasteiger charge is -2.21. The van der Waals surface area contributed by atoms with Gasteiger partial charge in [-0.1, -0.05) is 13.3 Å². The molecule has 6 heteroatoms. The third-order valence-electron chi connectivity index (χ3n) is 3.85. The van der Waals surface area contributed by atoms with E-state index in [4.69, 9.17) is 0 Å². The molecular weight excluding hydrogens is 268 g/mol. The maximum atomic E-state index is 12.3. The van der Waals surface area contributed by atoms with E-state index in [1.807, 2.05) is 6.92 Å². The molecule has 1 aliphatic rings. The van der Waals surface area contributed by atoms with Gasteiger partial charge in [-0.25, -0.2) is 4.68 Å². The zero-order valence-corrected chi connectivity index (χ0v) is 12.3. The van der Waals surface area contributed by atoms with Crippen LogP contribution in [0.2, 0.25) is 0 Å². The summed E-state index contributed by atoms with van der Waals surface area (Å²) in [5, 5.41) is 16.2. The van der Waals surface area contributed by atoms with E-state index in [9.17, 15) is 14.9 Å². The van der Waals surface area contributed by atoms with E-state index >= 15 is 0 Å². The Bertz CT molecular complexity index is 609. The third kappa shape index (κ3) is 3.48. The number of carbonyl (C=O) groups is 1. The average molecular weight is 288 g/mol. The van der Waals surface area contributed by atoms with Crippen molar-refractivity contribution in [1.29, 1.82) is 5.26 Å². The summed E-state index contributed by atoms with van der Waals surface area (Å²) in [7, 11) is 0. The lowest BCUT2D eigenvalue weighted by molar-refractivity contribution is 0.0913. The molecule has 6 nitrogen and oxygen atoms in total. The quantitative estimate of drug-likeness (QED) is 0.891. The van der Waals surface area contributed by atoms with Gasteiger partial charge in [0.05, 0.1) is 6.07 Å². The van der Waals surface area contributed by atoms with Crippen molar-refractivity contribution in [2.45, 2.75) is 57.5 Å². The molecule has 1 N–H and O–H groups in total. The minimum atomic E-state index is -0.775. The lowest BCUT2D eigenvalue weighted by atomic mass is 10.00. The summed E-state index contributed by atoms with van der Waals surface area (Å²) >= 11 is 0. The molecule has 0 unspecified atom stereocenters. The molecule has 1 aliphatic carbocycles. The maximum absolute atomic E-state index is 12.3. The van der Waals surface area contributed by atoms with Crippen LogP contribution in [0, 0.1) is 11.3 Å². The second-order valence-electron chi connectivity index (χ2n) is 5.49. The zero-order valence-electron chi connectivity index (χ0n) is 12.3. The molecule has 112 valence electrons. The summed E-state index contributed by atoms with van der Waals surface area (Å²) in [5.41, 5.74) is -0.800. The predicted molar refractivity (Wildman–Crippen MR) is 77.7 cm³/mol. The van der Waals surface area contributed by atoms with Gasteiger partial charge in [-0.3, -0.25) is 9.59 Å². The van der Waals surface area contributed by atoms with Crippen molar-refractivity contribution >= 4 is 5.91 Å². The summed E-state index contributed by atoms with van der Waals surface area (Å²) in [6.45, 7) is 2.53. The van der Waals surface area contributed by atoms with Gasteiger partial charge in [0.2, 0.25) is 0 Å². The minimum Gasteiger partial charge on any atom is -0.332 e. The highest BCUT2D eigenvalue weighted by atomic mass is 16.2. The first kappa shape index (κ1) is 15.2. The summed E-state index contributed by atoms with van der Waals surface area (Å²) in [4.78, 5) is 23.9. The topological polar surface area (TPSA) is 87.8 Å². The monoisotopic (exact) mass is 288 g/mol. The minimum absolute atomic E-state index is 0.187. The molecule has 0 aliphatic heterocycles. The van der Waals surface area contributed by atoms with Crippen LogP contribution in [-0.4, -0.2) is 21.2 Å². The fourth-order valence-electron chi connectivity index (χ4n) is 2.56. The number of rotatable bonds is 5. The fourth-order valence-corrected chi connectivity index (χ4v) is 2.56. The molecule has 1 aromatic heterocycles. The van der Waals surface area contributed by atoms with E-state index in [1.54, 1.807) is 0 Å². The molecule has 0 atom stereocenters. The first-order valence-corrected chi connectivity index (χ1v) is 7.42. The molecule has 2 rings (SSSR count). The van der Waals surface area contributed by atoms with Crippen LogP contribution in [0.15, 0.2) is 16.9 Å². The Morgan fingerprint density at radius 3 is 2.81 bits per heavy atom. The highest BCUT2D eigenvalue weighted by molar-refractivity contribution is 5.92. The molecule has 0 saturated heterocycles. The number of amides is 1. The van der Waals surface area contributed by atoms with Crippen LogP contribution in [0.1, 0.15) is 55.9 Å². The Hall–Kier alpha value is -2.16. The van der Waals surface area contributed by atoms with Crippen LogP contribution < -0.4 is 10.9 Å². The largest absolute Gasteiger partial charge is 0.332 e. The van der Waals surface area contributed by atoms with Crippen molar-refractivity contribution < 1.29 is 4.79 Å². The van der Waals surface area contributed by atoms with Crippen LogP contribution in [-0.2, 0) is 6.54 Å². The van der Waals surface area contributed by atoms with E-state index in [0.717, 1.165) is 25.7 Å². The molecule has 0 bridgehead atoms.